The van der Waals surface area contributed by atoms with Gasteiger partial charge in [0.1, 0.15) is 23.6 Å². The number of methoxy groups -OCH3 is 2. The molecule has 0 radical (unpaired) electrons. The summed E-state index contributed by atoms with van der Waals surface area (Å²) in [5, 5.41) is 20.7. The number of nitrogens with zero attached hydrogens (tertiary/aromatic N) is 2. The second-order valence-electron chi connectivity index (χ2n) is 11.6. The molecule has 0 saturated heterocycles. The van der Waals surface area contributed by atoms with Crippen LogP contribution in [0.25, 0.3) is 33.4 Å². The molecule has 0 heterocycles. The number of hydrogen-bond acceptors (Lipinski definition) is 4. The Hall–Kier alpha value is -4.80. The summed E-state index contributed by atoms with van der Waals surface area (Å²) in [7, 11) is 3.36. The summed E-state index contributed by atoms with van der Waals surface area (Å²) < 4.78 is 11.0. The second kappa shape index (κ2) is 8.87. The molecule has 4 heteroatoms. The summed E-state index contributed by atoms with van der Waals surface area (Å²) in [5.41, 5.74) is 11.0. The first-order valence-corrected chi connectivity index (χ1v) is 13.4. The fourth-order valence-corrected chi connectivity index (χ4v) is 6.53. The van der Waals surface area contributed by atoms with E-state index in [-0.39, 0.29) is 10.8 Å². The second-order valence-corrected chi connectivity index (χ2v) is 11.6. The third kappa shape index (κ3) is 3.50. The number of ether oxygens (including phenoxy) is 2. The topological polar surface area (TPSA) is 66.0 Å². The molecule has 0 fully saturated rings. The van der Waals surface area contributed by atoms with Crippen LogP contribution in [0.5, 0.6) is 11.5 Å². The van der Waals surface area contributed by atoms with Gasteiger partial charge in [-0.25, -0.2) is 0 Å². The highest BCUT2D eigenvalue weighted by Gasteiger charge is 2.37. The molecule has 6 rings (SSSR count). The van der Waals surface area contributed by atoms with E-state index < -0.39 is 0 Å². The summed E-state index contributed by atoms with van der Waals surface area (Å²) in [6.45, 7) is 8.77. The molecule has 4 nitrogen and oxygen atoms in total. The van der Waals surface area contributed by atoms with Gasteiger partial charge in [0.15, 0.2) is 0 Å². The Kier molecular flexibility index (Phi) is 5.65. The summed E-state index contributed by atoms with van der Waals surface area (Å²) in [5.74, 6) is 1.65. The van der Waals surface area contributed by atoms with Crippen molar-refractivity contribution in [3.8, 4) is 45.9 Å². The lowest BCUT2D eigenvalue weighted by Gasteiger charge is -2.23. The Bertz CT molecular complexity index is 1710. The summed E-state index contributed by atoms with van der Waals surface area (Å²) >= 11 is 0. The van der Waals surface area contributed by atoms with Crippen molar-refractivity contribution in [1.82, 2.24) is 0 Å². The first kappa shape index (κ1) is 25.5. The molecule has 0 saturated carbocycles. The van der Waals surface area contributed by atoms with Crippen LogP contribution in [0, 0.1) is 22.7 Å². The minimum atomic E-state index is -0.271. The molecule has 0 unspecified atom stereocenters. The lowest BCUT2D eigenvalue weighted by Crippen LogP contribution is -2.15. The maximum atomic E-state index is 10.4. The first-order chi connectivity index (χ1) is 19.1. The Morgan fingerprint density at radius 1 is 0.525 bits per heavy atom. The fraction of sp³-hybridized carbons (Fsp3) is 0.222. The van der Waals surface area contributed by atoms with Gasteiger partial charge < -0.3 is 9.47 Å². The van der Waals surface area contributed by atoms with Crippen molar-refractivity contribution in [2.24, 2.45) is 0 Å². The number of benzene rings is 4. The highest BCUT2D eigenvalue weighted by Crippen LogP contribution is 2.52. The van der Waals surface area contributed by atoms with Gasteiger partial charge in [-0.3, -0.25) is 0 Å². The van der Waals surface area contributed by atoms with Crippen molar-refractivity contribution in [2.45, 2.75) is 38.5 Å². The van der Waals surface area contributed by atoms with Crippen LogP contribution >= 0.6 is 0 Å². The van der Waals surface area contributed by atoms with Crippen LogP contribution < -0.4 is 9.47 Å². The number of allylic oxidation sites excluding steroid dienone is 2. The maximum Gasteiger partial charge on any atom is 0.119 e. The van der Waals surface area contributed by atoms with E-state index >= 15 is 0 Å². The highest BCUT2D eigenvalue weighted by molar-refractivity contribution is 6.04. The van der Waals surface area contributed by atoms with Gasteiger partial charge in [-0.15, -0.1) is 0 Å². The van der Waals surface area contributed by atoms with Crippen LogP contribution in [0.3, 0.4) is 0 Å². The lowest BCUT2D eigenvalue weighted by atomic mass is 9.80. The zero-order valence-electron chi connectivity index (χ0n) is 23.6. The molecule has 4 aromatic carbocycles. The van der Waals surface area contributed by atoms with E-state index in [1.807, 2.05) is 24.3 Å². The van der Waals surface area contributed by atoms with Gasteiger partial charge in [0, 0.05) is 10.8 Å². The normalized spacial score (nSPS) is 15.5. The quantitative estimate of drug-likeness (QED) is 0.200. The molecule has 0 aromatic heterocycles. The summed E-state index contributed by atoms with van der Waals surface area (Å²) in [6, 6.07) is 29.3. The largest absolute Gasteiger partial charge is 0.497 e. The van der Waals surface area contributed by atoms with Crippen molar-refractivity contribution in [1.29, 1.82) is 10.5 Å². The van der Waals surface area contributed by atoms with Crippen LogP contribution in [0.1, 0.15) is 61.1 Å². The van der Waals surface area contributed by atoms with E-state index in [0.717, 1.165) is 44.9 Å². The van der Waals surface area contributed by atoms with Crippen molar-refractivity contribution < 1.29 is 9.47 Å². The van der Waals surface area contributed by atoms with Gasteiger partial charge in [-0.1, -0.05) is 64.1 Å². The minimum absolute atomic E-state index is 0.271. The van der Waals surface area contributed by atoms with Gasteiger partial charge in [-0.2, -0.15) is 10.5 Å². The molecule has 0 bridgehead atoms. The van der Waals surface area contributed by atoms with Crippen molar-refractivity contribution >= 4 is 11.1 Å². The number of nitriles is 2. The molecule has 0 atom stereocenters. The van der Waals surface area contributed by atoms with Crippen molar-refractivity contribution in [3.05, 3.63) is 106 Å². The highest BCUT2D eigenvalue weighted by atomic mass is 16.5. The van der Waals surface area contributed by atoms with Crippen LogP contribution in [0.4, 0.5) is 0 Å². The molecule has 0 spiro atoms. The molecular formula is C36H30N2O2. The third-order valence-corrected chi connectivity index (χ3v) is 8.82. The number of rotatable bonds is 4. The summed E-state index contributed by atoms with van der Waals surface area (Å²) in [6.07, 6.45) is 0. The monoisotopic (exact) mass is 522 g/mol. The standard InChI is InChI=1S/C36H30N2O2/c1-35(2)31-15-21(7-11-25(31)27-13-9-23(39-5)17-33(27)35)29(19-37)30(20-38)22-8-12-26-28-14-10-24(40-6)18-34(28)36(3,4)32(26)16-22/h7-18H,1-6H3/b30-29+. The van der Waals surface area contributed by atoms with Crippen LogP contribution in [0.2, 0.25) is 0 Å². The van der Waals surface area contributed by atoms with E-state index in [4.69, 9.17) is 9.47 Å². The Morgan fingerprint density at radius 3 is 1.18 bits per heavy atom. The fourth-order valence-electron chi connectivity index (χ4n) is 6.53. The Labute approximate surface area is 235 Å². The minimum Gasteiger partial charge on any atom is -0.497 e. The van der Waals surface area contributed by atoms with Gasteiger partial charge in [0.05, 0.1) is 25.4 Å². The zero-order valence-corrected chi connectivity index (χ0v) is 23.6. The summed E-state index contributed by atoms with van der Waals surface area (Å²) in [4.78, 5) is 0. The van der Waals surface area contributed by atoms with Gasteiger partial charge in [0.25, 0.3) is 0 Å². The molecular weight excluding hydrogens is 492 g/mol. The van der Waals surface area contributed by atoms with Crippen molar-refractivity contribution in [2.75, 3.05) is 14.2 Å². The van der Waals surface area contributed by atoms with Crippen LogP contribution in [-0.2, 0) is 10.8 Å². The molecule has 196 valence electrons. The number of hydrogen-bond donors (Lipinski definition) is 0. The first-order valence-electron chi connectivity index (χ1n) is 13.4. The van der Waals surface area contributed by atoms with Crippen LogP contribution in [0.15, 0.2) is 72.8 Å². The van der Waals surface area contributed by atoms with E-state index in [1.165, 1.54) is 22.3 Å². The smallest absolute Gasteiger partial charge is 0.119 e. The average molecular weight is 523 g/mol. The van der Waals surface area contributed by atoms with E-state index in [0.29, 0.717) is 11.1 Å². The van der Waals surface area contributed by atoms with Gasteiger partial charge in [0.2, 0.25) is 0 Å². The molecule has 0 aliphatic heterocycles. The maximum absolute atomic E-state index is 10.4. The molecule has 2 aliphatic rings. The third-order valence-electron chi connectivity index (χ3n) is 8.82. The predicted octanol–water partition coefficient (Wildman–Crippen LogP) is 8.27. The number of fused-ring (bicyclic) bond motifs is 6. The van der Waals surface area contributed by atoms with E-state index in [2.05, 4.69) is 88.4 Å². The van der Waals surface area contributed by atoms with Gasteiger partial charge >= 0.3 is 0 Å². The SMILES string of the molecule is COc1ccc2c(c1)C(C)(C)c1cc(/C(C#N)=C(\C#N)c3ccc4c(c3)C(C)(C)c3cc(OC)ccc3-4)ccc1-2. The van der Waals surface area contributed by atoms with E-state index in [9.17, 15) is 10.5 Å². The van der Waals surface area contributed by atoms with E-state index in [1.54, 1.807) is 14.2 Å². The van der Waals surface area contributed by atoms with Crippen LogP contribution in [-0.4, -0.2) is 14.2 Å². The van der Waals surface area contributed by atoms with Gasteiger partial charge in [-0.05, 0) is 92.0 Å². The zero-order chi connectivity index (χ0) is 28.4. The molecule has 2 aliphatic carbocycles. The Balaban J connectivity index is 1.48. The molecule has 0 amide bonds. The molecule has 4 aromatic rings. The molecule has 0 N–H and O–H groups in total. The Morgan fingerprint density at radius 2 is 0.850 bits per heavy atom. The van der Waals surface area contributed by atoms with Crippen molar-refractivity contribution in [3.63, 3.8) is 0 Å². The average Bonchev–Trinajstić information content (AvgIpc) is 3.33. The predicted molar refractivity (Wildman–Crippen MR) is 159 cm³/mol. The molecule has 40 heavy (non-hydrogen) atoms. The lowest BCUT2D eigenvalue weighted by molar-refractivity contribution is 0.413.